The molecule has 1 aromatic heterocycles. The fraction of sp³-hybridized carbons (Fsp3) is 0.182. The first kappa shape index (κ1) is 18.3. The Morgan fingerprint density at radius 2 is 1.46 bits per heavy atom. The van der Waals surface area contributed by atoms with Gasteiger partial charge >= 0.3 is 0 Å². The number of fused-ring (bicyclic) bond motifs is 2. The molecule has 4 aromatic rings. The molecule has 0 spiro atoms. The lowest BCUT2D eigenvalue weighted by Gasteiger charge is -2.23. The Hall–Kier alpha value is -3.02. The second-order valence-corrected chi connectivity index (χ2v) is 7.70. The van der Waals surface area contributed by atoms with E-state index in [-0.39, 0.29) is 11.1 Å². The minimum atomic E-state index is -1.89. The smallest absolute Gasteiger partial charge is 0.199 e. The third-order valence-corrected chi connectivity index (χ3v) is 4.80. The zero-order valence-electron chi connectivity index (χ0n) is 15.4. The second kappa shape index (κ2) is 6.26. The van der Waals surface area contributed by atoms with Crippen LogP contribution in [0.5, 0.6) is 0 Å². The predicted octanol–water partition coefficient (Wildman–Crippen LogP) is 6.30. The predicted molar refractivity (Wildman–Crippen MR) is 101 cm³/mol. The number of hydrogen-bond acceptors (Lipinski definition) is 2. The average molecular weight is 384 g/mol. The zero-order chi connectivity index (χ0) is 20.2. The molecular formula is C22H16F4N2. The number of benzene rings is 3. The van der Waals surface area contributed by atoms with Gasteiger partial charge in [0.1, 0.15) is 11.8 Å². The van der Waals surface area contributed by atoms with Crippen LogP contribution in [0.25, 0.3) is 32.9 Å². The number of nitrogens with zero attached hydrogens (tertiary/aromatic N) is 2. The zero-order valence-corrected chi connectivity index (χ0v) is 15.4. The highest BCUT2D eigenvalue weighted by Crippen LogP contribution is 2.37. The summed E-state index contributed by atoms with van der Waals surface area (Å²) >= 11 is 0. The molecule has 3 aromatic carbocycles. The summed E-state index contributed by atoms with van der Waals surface area (Å²) in [6.07, 6.45) is 1.02. The topological polar surface area (TPSA) is 25.8 Å². The monoisotopic (exact) mass is 384 g/mol. The molecule has 0 atom stereocenters. The quantitative estimate of drug-likeness (QED) is 0.219. The molecule has 2 nitrogen and oxygen atoms in total. The summed E-state index contributed by atoms with van der Waals surface area (Å²) in [5, 5.41) is 1.41. The molecule has 0 fully saturated rings. The molecular weight excluding hydrogens is 368 g/mol. The Morgan fingerprint density at radius 1 is 0.786 bits per heavy atom. The minimum absolute atomic E-state index is 0.0107. The van der Waals surface area contributed by atoms with E-state index in [1.165, 1.54) is 0 Å². The average Bonchev–Trinajstić information content (AvgIpc) is 2.68. The fourth-order valence-corrected chi connectivity index (χ4v) is 3.45. The molecule has 0 saturated heterocycles. The molecule has 142 valence electrons. The van der Waals surface area contributed by atoms with Crippen LogP contribution in [-0.4, -0.2) is 9.97 Å². The first-order chi connectivity index (χ1) is 13.2. The summed E-state index contributed by atoms with van der Waals surface area (Å²) in [7, 11) is 0. The van der Waals surface area contributed by atoms with Crippen LogP contribution in [0.3, 0.4) is 0 Å². The molecule has 1 heterocycles. The molecule has 0 aliphatic rings. The van der Waals surface area contributed by atoms with Crippen LogP contribution in [0, 0.1) is 23.3 Å². The van der Waals surface area contributed by atoms with Gasteiger partial charge in [0.2, 0.25) is 0 Å². The van der Waals surface area contributed by atoms with Gasteiger partial charge in [-0.3, -0.25) is 0 Å². The van der Waals surface area contributed by atoms with Crippen LogP contribution in [0.15, 0.2) is 42.7 Å². The van der Waals surface area contributed by atoms with E-state index >= 15 is 0 Å². The summed E-state index contributed by atoms with van der Waals surface area (Å²) in [6.45, 7) is 6.10. The highest BCUT2D eigenvalue weighted by molar-refractivity contribution is 5.97. The van der Waals surface area contributed by atoms with E-state index in [9.17, 15) is 17.6 Å². The van der Waals surface area contributed by atoms with Crippen LogP contribution < -0.4 is 0 Å². The number of aromatic nitrogens is 2. The van der Waals surface area contributed by atoms with Crippen molar-refractivity contribution in [3.8, 4) is 11.3 Å². The lowest BCUT2D eigenvalue weighted by Crippen LogP contribution is -2.12. The summed E-state index contributed by atoms with van der Waals surface area (Å²) in [6, 6.07) is 11.3. The van der Waals surface area contributed by atoms with Gasteiger partial charge in [-0.25, -0.2) is 27.5 Å². The van der Waals surface area contributed by atoms with Crippen molar-refractivity contribution in [3.63, 3.8) is 0 Å². The maximum absolute atomic E-state index is 14.6. The summed E-state index contributed by atoms with van der Waals surface area (Å²) in [5.74, 6) is -6.80. The van der Waals surface area contributed by atoms with Gasteiger partial charge in [-0.15, -0.1) is 0 Å². The Balaban J connectivity index is 2.14. The van der Waals surface area contributed by atoms with Crippen molar-refractivity contribution in [2.45, 2.75) is 26.2 Å². The number of halogens is 4. The van der Waals surface area contributed by atoms with Crippen molar-refractivity contribution in [1.82, 2.24) is 9.97 Å². The van der Waals surface area contributed by atoms with Gasteiger partial charge < -0.3 is 0 Å². The molecule has 0 unspecified atom stereocenters. The third-order valence-electron chi connectivity index (χ3n) is 4.80. The molecule has 0 radical (unpaired) electrons. The van der Waals surface area contributed by atoms with Crippen molar-refractivity contribution in [1.29, 1.82) is 0 Å². The van der Waals surface area contributed by atoms with E-state index in [1.54, 1.807) is 6.07 Å². The highest BCUT2D eigenvalue weighted by atomic mass is 19.2. The van der Waals surface area contributed by atoms with E-state index in [1.807, 2.05) is 51.1 Å². The van der Waals surface area contributed by atoms with Crippen LogP contribution in [0.4, 0.5) is 17.6 Å². The highest BCUT2D eigenvalue weighted by Gasteiger charge is 2.25. The molecule has 4 rings (SSSR count). The maximum Gasteiger partial charge on any atom is 0.199 e. The van der Waals surface area contributed by atoms with Crippen molar-refractivity contribution >= 4 is 21.7 Å². The number of hydrogen-bond donors (Lipinski definition) is 0. The van der Waals surface area contributed by atoms with E-state index in [0.717, 1.165) is 22.7 Å². The van der Waals surface area contributed by atoms with Crippen LogP contribution in [0.2, 0.25) is 0 Å². The third kappa shape index (κ3) is 2.71. The van der Waals surface area contributed by atoms with Crippen LogP contribution in [-0.2, 0) is 5.41 Å². The Kier molecular flexibility index (Phi) is 4.10. The summed E-state index contributed by atoms with van der Waals surface area (Å²) < 4.78 is 56.3. The molecule has 0 amide bonds. The lowest BCUT2D eigenvalue weighted by atomic mass is 9.82. The van der Waals surface area contributed by atoms with E-state index in [0.29, 0.717) is 5.56 Å². The van der Waals surface area contributed by atoms with E-state index in [2.05, 4.69) is 9.97 Å². The van der Waals surface area contributed by atoms with Gasteiger partial charge in [-0.2, -0.15) is 0 Å². The first-order valence-electron chi connectivity index (χ1n) is 8.70. The lowest BCUT2D eigenvalue weighted by molar-refractivity contribution is 0.417. The molecule has 0 bridgehead atoms. The largest absolute Gasteiger partial charge is 0.236 e. The van der Waals surface area contributed by atoms with Gasteiger partial charge in [0.25, 0.3) is 0 Å². The van der Waals surface area contributed by atoms with Crippen molar-refractivity contribution in [3.05, 3.63) is 71.6 Å². The van der Waals surface area contributed by atoms with Crippen LogP contribution in [0.1, 0.15) is 26.3 Å². The van der Waals surface area contributed by atoms with Gasteiger partial charge in [-0.1, -0.05) is 45.0 Å². The molecule has 0 aliphatic heterocycles. The second-order valence-electron chi connectivity index (χ2n) is 7.70. The number of rotatable bonds is 1. The summed E-state index contributed by atoms with van der Waals surface area (Å²) in [4.78, 5) is 7.70. The van der Waals surface area contributed by atoms with E-state index in [4.69, 9.17) is 0 Å². The van der Waals surface area contributed by atoms with Gasteiger partial charge in [0, 0.05) is 5.56 Å². The fourth-order valence-electron chi connectivity index (χ4n) is 3.45. The minimum Gasteiger partial charge on any atom is -0.236 e. The van der Waals surface area contributed by atoms with Crippen molar-refractivity contribution in [2.24, 2.45) is 0 Å². The summed E-state index contributed by atoms with van der Waals surface area (Å²) in [5.41, 5.74) is 0.610. The molecule has 6 heteroatoms. The van der Waals surface area contributed by atoms with Crippen molar-refractivity contribution in [2.75, 3.05) is 0 Å². The molecule has 28 heavy (non-hydrogen) atoms. The maximum atomic E-state index is 14.6. The van der Waals surface area contributed by atoms with Gasteiger partial charge in [0.05, 0.1) is 11.1 Å². The first-order valence-corrected chi connectivity index (χ1v) is 8.70. The Morgan fingerprint density at radius 3 is 2.18 bits per heavy atom. The van der Waals surface area contributed by atoms with Gasteiger partial charge in [0.15, 0.2) is 23.3 Å². The molecule has 0 aliphatic carbocycles. The van der Waals surface area contributed by atoms with Gasteiger partial charge in [-0.05, 0) is 33.9 Å². The Labute approximate surface area is 158 Å². The van der Waals surface area contributed by atoms with E-state index < -0.39 is 34.2 Å². The standard InChI is InChI=1S/C22H16F4N2/c1-22(2,3)14-9-12(8-11-6-4-5-7-13(11)14)20-15-16(23)17(24)18(25)19(26)21(15)28-10-27-20/h4-10H,1-3H3. The molecule has 0 N–H and O–H groups in total. The van der Waals surface area contributed by atoms with Crippen molar-refractivity contribution < 1.29 is 17.6 Å². The Bertz CT molecular complexity index is 1240. The molecule has 0 saturated carbocycles. The van der Waals surface area contributed by atoms with Crippen LogP contribution >= 0.6 is 0 Å². The normalized spacial score (nSPS) is 12.1. The SMILES string of the molecule is CC(C)(C)c1cc(-c2ncnc3c(F)c(F)c(F)c(F)c23)cc2ccccc12.